The number of para-hydroxylation sites is 1. The maximum absolute atomic E-state index is 12.2. The Labute approximate surface area is 167 Å². The molecule has 5 nitrogen and oxygen atoms in total. The van der Waals surface area contributed by atoms with Gasteiger partial charge in [-0.25, -0.2) is 0 Å². The molecule has 2 rings (SSSR count). The number of rotatable bonds is 11. The fraction of sp³-hybridized carbons (Fsp3) is 0.409. The Hall–Kier alpha value is -2.18. The molecule has 0 heterocycles. The van der Waals surface area contributed by atoms with Crippen molar-refractivity contribution in [3.8, 4) is 16.9 Å². The van der Waals surface area contributed by atoms with Gasteiger partial charge in [0.05, 0.1) is 0 Å². The van der Waals surface area contributed by atoms with Crippen molar-refractivity contribution in [2.45, 2.75) is 63.2 Å². The molecule has 2 aromatic rings. The highest BCUT2D eigenvalue weighted by Crippen LogP contribution is 2.34. The molecule has 0 atom stereocenters. The molecule has 1 N–H and O–H groups in total. The minimum atomic E-state index is -4.39. The smallest absolute Gasteiger partial charge is 0.311 e. The van der Waals surface area contributed by atoms with E-state index in [9.17, 15) is 17.8 Å². The highest BCUT2D eigenvalue weighted by atomic mass is 32.2. The second-order valence-corrected chi connectivity index (χ2v) is 8.20. The number of esters is 1. The van der Waals surface area contributed by atoms with Gasteiger partial charge in [0.2, 0.25) is 0 Å². The molecular formula is C22H28O5S. The molecule has 0 radical (unpaired) electrons. The zero-order valence-corrected chi connectivity index (χ0v) is 17.1. The zero-order valence-electron chi connectivity index (χ0n) is 16.3. The van der Waals surface area contributed by atoms with Crippen LogP contribution in [-0.2, 0) is 14.9 Å². The summed E-state index contributed by atoms with van der Waals surface area (Å²) in [5.41, 5.74) is 0.743. The van der Waals surface area contributed by atoms with Crippen molar-refractivity contribution >= 4 is 16.1 Å². The van der Waals surface area contributed by atoms with E-state index in [2.05, 4.69) is 6.92 Å². The molecule has 28 heavy (non-hydrogen) atoms. The van der Waals surface area contributed by atoms with Gasteiger partial charge in [-0.2, -0.15) is 8.42 Å². The van der Waals surface area contributed by atoms with Crippen LogP contribution in [0, 0.1) is 0 Å². The summed E-state index contributed by atoms with van der Waals surface area (Å²) >= 11 is 0. The molecule has 0 aliphatic heterocycles. The summed E-state index contributed by atoms with van der Waals surface area (Å²) in [6.07, 6.45) is 8.10. The van der Waals surface area contributed by atoms with E-state index in [0.717, 1.165) is 19.3 Å². The van der Waals surface area contributed by atoms with Crippen LogP contribution >= 0.6 is 0 Å². The van der Waals surface area contributed by atoms with Crippen LogP contribution in [0.2, 0.25) is 0 Å². The lowest BCUT2D eigenvalue weighted by molar-refractivity contribution is -0.134. The van der Waals surface area contributed by atoms with Crippen LogP contribution in [0.4, 0.5) is 0 Å². The van der Waals surface area contributed by atoms with Gasteiger partial charge in [-0.3, -0.25) is 9.35 Å². The number of carbonyl (C=O) groups is 1. The van der Waals surface area contributed by atoms with Crippen molar-refractivity contribution < 1.29 is 22.5 Å². The second-order valence-electron chi connectivity index (χ2n) is 6.81. The minimum Gasteiger partial charge on any atom is -0.426 e. The van der Waals surface area contributed by atoms with Crippen molar-refractivity contribution in [1.29, 1.82) is 0 Å². The predicted molar refractivity (Wildman–Crippen MR) is 110 cm³/mol. The summed E-state index contributed by atoms with van der Waals surface area (Å²) in [6, 6.07) is 12.8. The largest absolute Gasteiger partial charge is 0.426 e. The van der Waals surface area contributed by atoms with Gasteiger partial charge in [-0.1, -0.05) is 81.8 Å². The zero-order chi connectivity index (χ0) is 20.4. The van der Waals surface area contributed by atoms with E-state index in [1.165, 1.54) is 37.8 Å². The van der Waals surface area contributed by atoms with Gasteiger partial charge in [0.15, 0.2) is 0 Å². The van der Waals surface area contributed by atoms with E-state index in [4.69, 9.17) is 4.74 Å². The Bertz CT molecular complexity index is 874. The van der Waals surface area contributed by atoms with Crippen molar-refractivity contribution in [1.82, 2.24) is 0 Å². The van der Waals surface area contributed by atoms with Crippen molar-refractivity contribution in [2.75, 3.05) is 0 Å². The molecule has 0 unspecified atom stereocenters. The summed E-state index contributed by atoms with van der Waals surface area (Å²) in [6.45, 7) is 2.18. The van der Waals surface area contributed by atoms with Crippen LogP contribution in [0.5, 0.6) is 5.75 Å². The van der Waals surface area contributed by atoms with E-state index >= 15 is 0 Å². The monoisotopic (exact) mass is 404 g/mol. The number of benzene rings is 2. The molecule has 0 bridgehead atoms. The first kappa shape index (κ1) is 22.1. The molecule has 0 aliphatic carbocycles. The van der Waals surface area contributed by atoms with Crippen LogP contribution in [0.15, 0.2) is 53.4 Å². The maximum Gasteiger partial charge on any atom is 0.311 e. The number of hydrogen-bond acceptors (Lipinski definition) is 4. The predicted octanol–water partition coefficient (Wildman–Crippen LogP) is 5.65. The quantitative estimate of drug-likeness (QED) is 0.227. The van der Waals surface area contributed by atoms with Gasteiger partial charge in [0.25, 0.3) is 10.1 Å². The first-order valence-corrected chi connectivity index (χ1v) is 11.2. The third-order valence-electron chi connectivity index (χ3n) is 4.55. The van der Waals surface area contributed by atoms with Crippen LogP contribution in [0.1, 0.15) is 58.3 Å². The molecule has 0 saturated carbocycles. The van der Waals surface area contributed by atoms with E-state index in [-0.39, 0.29) is 16.6 Å². The molecule has 0 amide bonds. The fourth-order valence-corrected chi connectivity index (χ4v) is 3.80. The van der Waals surface area contributed by atoms with Crippen LogP contribution in [-0.4, -0.2) is 18.9 Å². The van der Waals surface area contributed by atoms with Gasteiger partial charge >= 0.3 is 5.97 Å². The number of hydrogen-bond donors (Lipinski definition) is 1. The Kier molecular flexibility index (Phi) is 8.67. The highest BCUT2D eigenvalue weighted by Gasteiger charge is 2.19. The summed E-state index contributed by atoms with van der Waals surface area (Å²) in [5.74, 6) is -0.0584. The molecular weight excluding hydrogens is 376 g/mol. The van der Waals surface area contributed by atoms with E-state index in [0.29, 0.717) is 17.5 Å². The molecule has 0 aliphatic rings. The first-order valence-electron chi connectivity index (χ1n) is 9.80. The number of ether oxygens (including phenoxy) is 1. The summed E-state index contributed by atoms with van der Waals surface area (Å²) in [7, 11) is -4.39. The van der Waals surface area contributed by atoms with Gasteiger partial charge < -0.3 is 4.74 Å². The Balaban J connectivity index is 2.03. The van der Waals surface area contributed by atoms with Gasteiger partial charge in [0, 0.05) is 17.5 Å². The van der Waals surface area contributed by atoms with E-state index in [1.54, 1.807) is 36.4 Å². The topological polar surface area (TPSA) is 80.7 Å². The molecule has 6 heteroatoms. The Morgan fingerprint density at radius 1 is 0.857 bits per heavy atom. The van der Waals surface area contributed by atoms with Crippen molar-refractivity contribution in [2.24, 2.45) is 0 Å². The molecule has 0 fully saturated rings. The summed E-state index contributed by atoms with van der Waals surface area (Å²) in [5, 5.41) is 0. The maximum atomic E-state index is 12.2. The van der Waals surface area contributed by atoms with Gasteiger partial charge in [-0.15, -0.1) is 0 Å². The third kappa shape index (κ3) is 6.77. The van der Waals surface area contributed by atoms with Crippen molar-refractivity contribution in [3.63, 3.8) is 0 Å². The lowest BCUT2D eigenvalue weighted by atomic mass is 10.0. The van der Waals surface area contributed by atoms with Crippen LogP contribution in [0.3, 0.4) is 0 Å². The lowest BCUT2D eigenvalue weighted by Crippen LogP contribution is -2.09. The van der Waals surface area contributed by atoms with Crippen LogP contribution in [0.25, 0.3) is 11.1 Å². The average Bonchev–Trinajstić information content (AvgIpc) is 2.67. The molecule has 0 aromatic heterocycles. The SMILES string of the molecule is CCCCCCCCCC(=O)Oc1ccccc1-c1ccccc1S(=O)(=O)O. The highest BCUT2D eigenvalue weighted by molar-refractivity contribution is 7.86. The normalized spacial score (nSPS) is 11.4. The standard InChI is InChI=1S/C22H28O5S/c1-2-3-4-5-6-7-8-17-22(23)27-20-15-11-9-13-18(20)19-14-10-12-16-21(19)28(24,25)26/h9-16H,2-8,17H2,1H3,(H,24,25,26). The van der Waals surface area contributed by atoms with E-state index in [1.807, 2.05) is 0 Å². The third-order valence-corrected chi connectivity index (χ3v) is 5.46. The minimum absolute atomic E-state index is 0.217. The van der Waals surface area contributed by atoms with Crippen molar-refractivity contribution in [3.05, 3.63) is 48.5 Å². The summed E-state index contributed by atoms with van der Waals surface area (Å²) in [4.78, 5) is 12.0. The molecule has 152 valence electrons. The summed E-state index contributed by atoms with van der Waals surface area (Å²) < 4.78 is 38.3. The second kappa shape index (κ2) is 11.0. The Morgan fingerprint density at radius 2 is 1.43 bits per heavy atom. The molecule has 2 aromatic carbocycles. The number of carbonyl (C=O) groups excluding carboxylic acids is 1. The molecule has 0 saturated heterocycles. The van der Waals surface area contributed by atoms with Gasteiger partial charge in [-0.05, 0) is 18.6 Å². The van der Waals surface area contributed by atoms with Crippen LogP contribution < -0.4 is 4.74 Å². The Morgan fingerprint density at radius 3 is 2.11 bits per heavy atom. The fourth-order valence-electron chi connectivity index (χ4n) is 3.09. The van der Waals surface area contributed by atoms with E-state index < -0.39 is 10.1 Å². The number of unbranched alkanes of at least 4 members (excludes halogenated alkanes) is 6. The lowest BCUT2D eigenvalue weighted by Gasteiger charge is -2.12. The first-order chi connectivity index (χ1) is 13.4. The van der Waals surface area contributed by atoms with Gasteiger partial charge in [0.1, 0.15) is 10.6 Å². The molecule has 0 spiro atoms. The average molecular weight is 405 g/mol.